The van der Waals surface area contributed by atoms with Crippen molar-refractivity contribution in [3.63, 3.8) is 0 Å². The van der Waals surface area contributed by atoms with Crippen LogP contribution in [0.4, 0.5) is 4.39 Å². The van der Waals surface area contributed by atoms with Gasteiger partial charge >= 0.3 is 0 Å². The van der Waals surface area contributed by atoms with Gasteiger partial charge in [-0.15, -0.1) is 11.3 Å². The molecule has 0 spiro atoms. The molecule has 2 heterocycles. The molecule has 1 N–H and O–H groups in total. The number of imidazole rings is 1. The standard InChI is InChI=1S/C15H12FN3O2S/c1-19-6-12(13(21)5-17-8-20)18-15(19)10-7-22-14-9(10)3-2-4-11(14)16/h2-4,6-8H,5H2,1H3,(H,17,20). The summed E-state index contributed by atoms with van der Waals surface area (Å²) in [5.74, 6) is 0.0420. The van der Waals surface area contributed by atoms with E-state index in [1.807, 2.05) is 11.4 Å². The fourth-order valence-corrected chi connectivity index (χ4v) is 3.22. The number of hydrogen-bond acceptors (Lipinski definition) is 4. The number of nitrogens with zero attached hydrogens (tertiary/aromatic N) is 2. The van der Waals surface area contributed by atoms with E-state index in [1.54, 1.807) is 23.9 Å². The number of fused-ring (bicyclic) bond motifs is 1. The Kier molecular flexibility index (Phi) is 3.72. The van der Waals surface area contributed by atoms with Crippen molar-refractivity contribution in [3.8, 4) is 11.4 Å². The molecule has 1 amide bonds. The van der Waals surface area contributed by atoms with E-state index in [9.17, 15) is 14.0 Å². The molecule has 0 bridgehead atoms. The van der Waals surface area contributed by atoms with Crippen LogP contribution in [0.15, 0.2) is 29.8 Å². The fourth-order valence-electron chi connectivity index (χ4n) is 2.27. The van der Waals surface area contributed by atoms with Gasteiger partial charge in [-0.2, -0.15) is 0 Å². The van der Waals surface area contributed by atoms with E-state index >= 15 is 0 Å². The van der Waals surface area contributed by atoms with Gasteiger partial charge in [0.1, 0.15) is 17.3 Å². The molecule has 0 saturated carbocycles. The normalized spacial score (nSPS) is 10.8. The van der Waals surface area contributed by atoms with Crippen molar-refractivity contribution in [2.24, 2.45) is 7.05 Å². The second kappa shape index (κ2) is 5.69. The highest BCUT2D eigenvalue weighted by Crippen LogP contribution is 2.34. The monoisotopic (exact) mass is 317 g/mol. The van der Waals surface area contributed by atoms with E-state index < -0.39 is 0 Å². The zero-order valence-corrected chi connectivity index (χ0v) is 12.5. The highest BCUT2D eigenvalue weighted by molar-refractivity contribution is 7.17. The molecule has 112 valence electrons. The van der Waals surface area contributed by atoms with Gasteiger partial charge in [0.15, 0.2) is 0 Å². The summed E-state index contributed by atoms with van der Waals surface area (Å²) in [5, 5.41) is 4.91. The summed E-state index contributed by atoms with van der Waals surface area (Å²) in [6, 6.07) is 4.90. The Hall–Kier alpha value is -2.54. The van der Waals surface area contributed by atoms with Crippen molar-refractivity contribution >= 4 is 33.6 Å². The van der Waals surface area contributed by atoms with Gasteiger partial charge in [0.2, 0.25) is 12.2 Å². The van der Waals surface area contributed by atoms with Crippen LogP contribution in [-0.2, 0) is 11.8 Å². The number of rotatable bonds is 5. The Bertz CT molecular complexity index is 869. The SMILES string of the molecule is Cn1cc(C(=O)CNC=O)nc1-c1csc2c(F)cccc12. The average molecular weight is 317 g/mol. The molecule has 0 aliphatic carbocycles. The maximum absolute atomic E-state index is 13.8. The molecule has 1 aromatic carbocycles. The molecule has 7 heteroatoms. The minimum Gasteiger partial charge on any atom is -0.351 e. The van der Waals surface area contributed by atoms with E-state index in [0.29, 0.717) is 16.9 Å². The summed E-state index contributed by atoms with van der Waals surface area (Å²) in [4.78, 5) is 26.5. The van der Waals surface area contributed by atoms with E-state index in [2.05, 4.69) is 10.3 Å². The minimum absolute atomic E-state index is 0.0982. The van der Waals surface area contributed by atoms with Crippen LogP contribution in [0.25, 0.3) is 21.5 Å². The third-order valence-electron chi connectivity index (χ3n) is 3.30. The number of benzene rings is 1. The highest BCUT2D eigenvalue weighted by Gasteiger charge is 2.17. The Morgan fingerprint density at radius 2 is 2.32 bits per heavy atom. The lowest BCUT2D eigenvalue weighted by Crippen LogP contribution is -2.21. The van der Waals surface area contributed by atoms with Crippen molar-refractivity contribution in [2.75, 3.05) is 6.54 Å². The number of aryl methyl sites for hydroxylation is 1. The van der Waals surface area contributed by atoms with Crippen molar-refractivity contribution in [1.29, 1.82) is 0 Å². The Balaban J connectivity index is 2.04. The maximum atomic E-state index is 13.8. The summed E-state index contributed by atoms with van der Waals surface area (Å²) < 4.78 is 16.1. The van der Waals surface area contributed by atoms with Crippen LogP contribution < -0.4 is 5.32 Å². The van der Waals surface area contributed by atoms with Crippen LogP contribution in [0.5, 0.6) is 0 Å². The molecular weight excluding hydrogens is 305 g/mol. The second-order valence-electron chi connectivity index (χ2n) is 4.75. The van der Waals surface area contributed by atoms with Gasteiger partial charge in [-0.1, -0.05) is 12.1 Å². The smallest absolute Gasteiger partial charge is 0.207 e. The molecule has 0 atom stereocenters. The summed E-state index contributed by atoms with van der Waals surface area (Å²) >= 11 is 1.30. The number of amides is 1. The van der Waals surface area contributed by atoms with Crippen LogP contribution in [0.2, 0.25) is 0 Å². The number of aromatic nitrogens is 2. The molecule has 22 heavy (non-hydrogen) atoms. The third kappa shape index (κ3) is 2.39. The highest BCUT2D eigenvalue weighted by atomic mass is 32.1. The molecule has 0 unspecified atom stereocenters. The maximum Gasteiger partial charge on any atom is 0.207 e. The first-order valence-electron chi connectivity index (χ1n) is 6.51. The molecule has 3 rings (SSSR count). The zero-order chi connectivity index (χ0) is 15.7. The zero-order valence-electron chi connectivity index (χ0n) is 11.7. The molecule has 0 saturated heterocycles. The third-order valence-corrected chi connectivity index (χ3v) is 4.30. The number of hydrogen-bond donors (Lipinski definition) is 1. The molecule has 5 nitrogen and oxygen atoms in total. The number of carbonyl (C=O) groups is 2. The molecular formula is C15H12FN3O2S. The van der Waals surface area contributed by atoms with Crippen LogP contribution in [0, 0.1) is 5.82 Å². The van der Waals surface area contributed by atoms with Gasteiger partial charge in [0, 0.05) is 29.6 Å². The summed E-state index contributed by atoms with van der Waals surface area (Å²) in [6.45, 7) is -0.0982. The van der Waals surface area contributed by atoms with Crippen LogP contribution in [0.3, 0.4) is 0 Å². The molecule has 0 aliphatic rings. The summed E-state index contributed by atoms with van der Waals surface area (Å²) in [5.41, 5.74) is 1.05. The number of thiophene rings is 1. The van der Waals surface area contributed by atoms with Gasteiger partial charge < -0.3 is 9.88 Å². The van der Waals surface area contributed by atoms with Gasteiger partial charge in [-0.05, 0) is 6.07 Å². The van der Waals surface area contributed by atoms with E-state index in [0.717, 1.165) is 10.9 Å². The first-order valence-corrected chi connectivity index (χ1v) is 7.39. The number of halogens is 1. The lowest BCUT2D eigenvalue weighted by molar-refractivity contribution is -0.109. The molecule has 0 radical (unpaired) electrons. The predicted molar refractivity (Wildman–Crippen MR) is 82.4 cm³/mol. The van der Waals surface area contributed by atoms with Crippen molar-refractivity contribution < 1.29 is 14.0 Å². The van der Waals surface area contributed by atoms with Crippen LogP contribution in [0.1, 0.15) is 10.5 Å². The molecule has 0 fully saturated rings. The Labute approximate surface area is 129 Å². The lowest BCUT2D eigenvalue weighted by atomic mass is 10.1. The van der Waals surface area contributed by atoms with Gasteiger partial charge in [-0.25, -0.2) is 9.37 Å². The number of nitrogens with one attached hydrogen (secondary N) is 1. The van der Waals surface area contributed by atoms with Gasteiger partial charge in [0.25, 0.3) is 0 Å². The van der Waals surface area contributed by atoms with Crippen molar-refractivity contribution in [2.45, 2.75) is 0 Å². The first kappa shape index (κ1) is 14.4. The fraction of sp³-hybridized carbons (Fsp3) is 0.133. The lowest BCUT2D eigenvalue weighted by Gasteiger charge is -1.99. The van der Waals surface area contributed by atoms with Gasteiger partial charge in [-0.3, -0.25) is 9.59 Å². The van der Waals surface area contributed by atoms with E-state index in [-0.39, 0.29) is 23.8 Å². The van der Waals surface area contributed by atoms with E-state index in [1.165, 1.54) is 17.4 Å². The van der Waals surface area contributed by atoms with Crippen molar-refractivity contribution in [3.05, 3.63) is 41.3 Å². The largest absolute Gasteiger partial charge is 0.351 e. The molecule has 3 aromatic rings. The summed E-state index contributed by atoms with van der Waals surface area (Å²) in [6.07, 6.45) is 2.07. The summed E-state index contributed by atoms with van der Waals surface area (Å²) in [7, 11) is 1.77. The van der Waals surface area contributed by atoms with Crippen LogP contribution >= 0.6 is 11.3 Å². The molecule has 0 aliphatic heterocycles. The second-order valence-corrected chi connectivity index (χ2v) is 5.63. The van der Waals surface area contributed by atoms with Crippen molar-refractivity contribution in [1.82, 2.24) is 14.9 Å². The average Bonchev–Trinajstić information content (AvgIpc) is 3.09. The Morgan fingerprint density at radius 1 is 1.50 bits per heavy atom. The number of ketones is 1. The first-order chi connectivity index (χ1) is 10.6. The quantitative estimate of drug-likeness (QED) is 0.580. The number of carbonyl (C=O) groups excluding carboxylic acids is 2. The minimum atomic E-state index is -0.278. The van der Waals surface area contributed by atoms with Gasteiger partial charge in [0.05, 0.1) is 11.2 Å². The van der Waals surface area contributed by atoms with E-state index in [4.69, 9.17) is 0 Å². The molecule has 2 aromatic heterocycles. The topological polar surface area (TPSA) is 64.0 Å². The Morgan fingerprint density at radius 3 is 3.09 bits per heavy atom. The predicted octanol–water partition coefficient (Wildman–Crippen LogP) is 2.37. The number of Topliss-reactive ketones (excluding diaryl/α,β-unsaturated/α-hetero) is 1. The van der Waals surface area contributed by atoms with Crippen LogP contribution in [-0.4, -0.2) is 28.3 Å².